The number of nitrogens with one attached hydrogen (secondary N) is 1. The Labute approximate surface area is 158 Å². The molecule has 0 aliphatic carbocycles. The zero-order valence-electron chi connectivity index (χ0n) is 15.3. The van der Waals surface area contributed by atoms with Gasteiger partial charge in [0.2, 0.25) is 15.8 Å². The van der Waals surface area contributed by atoms with E-state index in [0.29, 0.717) is 47.5 Å². The third kappa shape index (κ3) is 4.04. The molecule has 1 aliphatic heterocycles. The van der Waals surface area contributed by atoms with Crippen LogP contribution in [0.25, 0.3) is 0 Å². The summed E-state index contributed by atoms with van der Waals surface area (Å²) in [7, 11) is 0.760. The molecule has 3 rings (SSSR count). The number of benzene rings is 2. The van der Waals surface area contributed by atoms with Crippen LogP contribution in [0, 0.1) is 0 Å². The van der Waals surface area contributed by atoms with Gasteiger partial charge in [0.05, 0.1) is 26.2 Å². The first-order valence-corrected chi connectivity index (χ1v) is 9.65. The van der Waals surface area contributed by atoms with Gasteiger partial charge < -0.3 is 23.7 Å². The van der Waals surface area contributed by atoms with E-state index < -0.39 is 10.0 Å². The highest BCUT2D eigenvalue weighted by molar-refractivity contribution is 7.89. The van der Waals surface area contributed by atoms with Crippen molar-refractivity contribution in [3.05, 3.63) is 35.9 Å². The molecule has 0 saturated heterocycles. The van der Waals surface area contributed by atoms with Crippen molar-refractivity contribution in [2.24, 2.45) is 0 Å². The summed E-state index contributed by atoms with van der Waals surface area (Å²) in [4.78, 5) is 0.0965. The molecule has 1 N–H and O–H groups in total. The Bertz CT molecular complexity index is 902. The third-order valence-corrected chi connectivity index (χ3v) is 5.41. The fraction of sp³-hybridized carbons (Fsp3) is 0.333. The predicted molar refractivity (Wildman–Crippen MR) is 97.6 cm³/mol. The molecule has 0 amide bonds. The van der Waals surface area contributed by atoms with E-state index in [9.17, 15) is 8.42 Å². The first-order valence-electron chi connectivity index (χ1n) is 8.16. The minimum Gasteiger partial charge on any atom is -0.493 e. The average Bonchev–Trinajstić information content (AvgIpc) is 2.70. The Morgan fingerprint density at radius 3 is 2.15 bits per heavy atom. The van der Waals surface area contributed by atoms with E-state index in [4.69, 9.17) is 23.7 Å². The molecular weight excluding hydrogens is 374 g/mol. The van der Waals surface area contributed by atoms with Gasteiger partial charge in [-0.25, -0.2) is 13.1 Å². The van der Waals surface area contributed by atoms with Gasteiger partial charge in [-0.15, -0.1) is 0 Å². The van der Waals surface area contributed by atoms with Crippen molar-refractivity contribution < 1.29 is 32.1 Å². The number of rotatable bonds is 7. The fourth-order valence-electron chi connectivity index (χ4n) is 2.69. The quantitative estimate of drug-likeness (QED) is 0.766. The lowest BCUT2D eigenvalue weighted by Crippen LogP contribution is -2.24. The van der Waals surface area contributed by atoms with Crippen molar-refractivity contribution in [2.45, 2.75) is 11.4 Å². The second kappa shape index (κ2) is 7.93. The van der Waals surface area contributed by atoms with Gasteiger partial charge in [0, 0.05) is 12.6 Å². The minimum atomic E-state index is -3.75. The number of hydrogen-bond donors (Lipinski definition) is 1. The van der Waals surface area contributed by atoms with Crippen LogP contribution in [0.1, 0.15) is 5.56 Å². The molecule has 0 atom stereocenters. The number of hydrogen-bond acceptors (Lipinski definition) is 7. The van der Waals surface area contributed by atoms with E-state index in [1.54, 1.807) is 18.2 Å². The molecule has 2 aromatic rings. The number of methoxy groups -OCH3 is 3. The van der Waals surface area contributed by atoms with E-state index in [0.717, 1.165) is 0 Å². The highest BCUT2D eigenvalue weighted by Crippen LogP contribution is 2.38. The smallest absolute Gasteiger partial charge is 0.241 e. The van der Waals surface area contributed by atoms with Crippen LogP contribution in [0.3, 0.4) is 0 Å². The number of sulfonamides is 1. The molecule has 9 heteroatoms. The molecule has 0 saturated carbocycles. The summed E-state index contributed by atoms with van der Waals surface area (Å²) in [6.45, 7) is 0.876. The summed E-state index contributed by atoms with van der Waals surface area (Å²) < 4.78 is 54.5. The van der Waals surface area contributed by atoms with Gasteiger partial charge in [-0.1, -0.05) is 0 Å². The van der Waals surface area contributed by atoms with Crippen LogP contribution in [0.2, 0.25) is 0 Å². The predicted octanol–water partition coefficient (Wildman–Crippen LogP) is 1.96. The third-order valence-electron chi connectivity index (χ3n) is 4.01. The molecule has 27 heavy (non-hydrogen) atoms. The monoisotopic (exact) mass is 395 g/mol. The summed E-state index contributed by atoms with van der Waals surface area (Å²) in [6, 6.07) is 7.89. The first kappa shape index (κ1) is 19.1. The first-order chi connectivity index (χ1) is 13.0. The minimum absolute atomic E-state index is 0.0491. The van der Waals surface area contributed by atoms with E-state index in [1.165, 1.54) is 33.5 Å². The summed E-state index contributed by atoms with van der Waals surface area (Å²) in [5.74, 6) is 2.29. The van der Waals surface area contributed by atoms with Crippen molar-refractivity contribution in [3.63, 3.8) is 0 Å². The molecule has 8 nitrogen and oxygen atoms in total. The maximum absolute atomic E-state index is 12.6. The van der Waals surface area contributed by atoms with Crippen molar-refractivity contribution in [2.75, 3.05) is 34.5 Å². The van der Waals surface area contributed by atoms with Crippen LogP contribution in [0.15, 0.2) is 35.2 Å². The molecule has 0 unspecified atom stereocenters. The van der Waals surface area contributed by atoms with Gasteiger partial charge in [-0.3, -0.25) is 0 Å². The van der Waals surface area contributed by atoms with Gasteiger partial charge in [-0.05, 0) is 29.8 Å². The molecule has 2 aromatic carbocycles. The highest BCUT2D eigenvalue weighted by atomic mass is 32.2. The maximum atomic E-state index is 12.6. The average molecular weight is 395 g/mol. The van der Waals surface area contributed by atoms with Crippen LogP contribution in [-0.4, -0.2) is 43.0 Å². The standard InChI is InChI=1S/C18H21NO7S/c1-22-16-8-12(9-17(23-2)18(16)24-3)11-19-27(20,21)13-4-5-14-15(10-13)26-7-6-25-14/h4-5,8-10,19H,6-7,11H2,1-3H3. The van der Waals surface area contributed by atoms with Gasteiger partial charge in [0.25, 0.3) is 0 Å². The zero-order chi connectivity index (χ0) is 19.4. The second-order valence-corrected chi connectivity index (χ2v) is 7.43. The molecule has 0 aromatic heterocycles. The Kier molecular flexibility index (Phi) is 5.62. The van der Waals surface area contributed by atoms with Crippen molar-refractivity contribution in [3.8, 4) is 28.7 Å². The van der Waals surface area contributed by atoms with Gasteiger partial charge in [-0.2, -0.15) is 0 Å². The van der Waals surface area contributed by atoms with Gasteiger partial charge in [0.15, 0.2) is 23.0 Å². The lowest BCUT2D eigenvalue weighted by atomic mass is 10.2. The zero-order valence-corrected chi connectivity index (χ0v) is 16.1. The molecule has 0 spiro atoms. The van der Waals surface area contributed by atoms with Crippen LogP contribution in [0.4, 0.5) is 0 Å². The highest BCUT2D eigenvalue weighted by Gasteiger charge is 2.20. The van der Waals surface area contributed by atoms with E-state index >= 15 is 0 Å². The van der Waals surface area contributed by atoms with Crippen molar-refractivity contribution in [1.29, 1.82) is 0 Å². The van der Waals surface area contributed by atoms with Gasteiger partial charge >= 0.3 is 0 Å². The van der Waals surface area contributed by atoms with E-state index in [2.05, 4.69) is 4.72 Å². The van der Waals surface area contributed by atoms with Crippen LogP contribution in [0.5, 0.6) is 28.7 Å². The Morgan fingerprint density at radius 2 is 1.56 bits per heavy atom. The lowest BCUT2D eigenvalue weighted by molar-refractivity contribution is 0.171. The van der Waals surface area contributed by atoms with Crippen molar-refractivity contribution >= 4 is 10.0 Å². The van der Waals surface area contributed by atoms with E-state index in [1.807, 2.05) is 0 Å². The molecule has 146 valence electrons. The van der Waals surface area contributed by atoms with E-state index in [-0.39, 0.29) is 11.4 Å². The summed E-state index contributed by atoms with van der Waals surface area (Å²) in [5.41, 5.74) is 0.658. The Hall–Kier alpha value is -2.65. The van der Waals surface area contributed by atoms with Crippen LogP contribution < -0.4 is 28.4 Å². The summed E-state index contributed by atoms with van der Waals surface area (Å²) >= 11 is 0. The maximum Gasteiger partial charge on any atom is 0.241 e. The largest absolute Gasteiger partial charge is 0.493 e. The number of ether oxygens (including phenoxy) is 5. The Balaban J connectivity index is 1.81. The Morgan fingerprint density at radius 1 is 0.926 bits per heavy atom. The topological polar surface area (TPSA) is 92.3 Å². The van der Waals surface area contributed by atoms with Crippen LogP contribution >= 0.6 is 0 Å². The lowest BCUT2D eigenvalue weighted by Gasteiger charge is -2.19. The molecule has 1 heterocycles. The summed E-state index contributed by atoms with van der Waals surface area (Å²) in [6.07, 6.45) is 0. The number of fused-ring (bicyclic) bond motifs is 1. The molecule has 0 radical (unpaired) electrons. The second-order valence-electron chi connectivity index (χ2n) is 5.66. The summed E-state index contributed by atoms with van der Waals surface area (Å²) in [5, 5.41) is 0. The van der Waals surface area contributed by atoms with Gasteiger partial charge in [0.1, 0.15) is 13.2 Å². The molecule has 1 aliphatic rings. The SMILES string of the molecule is COc1cc(CNS(=O)(=O)c2ccc3c(c2)OCCO3)cc(OC)c1OC. The molecule has 0 bridgehead atoms. The normalized spacial score (nSPS) is 13.1. The fourth-order valence-corrected chi connectivity index (χ4v) is 3.72. The molecule has 0 fully saturated rings. The van der Waals surface area contributed by atoms with Crippen molar-refractivity contribution in [1.82, 2.24) is 4.72 Å². The molecular formula is C18H21NO7S. The van der Waals surface area contributed by atoms with Crippen LogP contribution in [-0.2, 0) is 16.6 Å².